The summed E-state index contributed by atoms with van der Waals surface area (Å²) in [4.78, 5) is 11.6. The van der Waals surface area contributed by atoms with E-state index in [1.54, 1.807) is 6.07 Å². The second-order valence-electron chi connectivity index (χ2n) is 6.16. The van der Waals surface area contributed by atoms with Crippen molar-refractivity contribution in [3.8, 4) is 5.75 Å². The maximum Gasteiger partial charge on any atom is 0.340 e. The standard InChI is InChI=1S/C17H22FNO3/c1-21-17(20)14-7-13(12-4-5-12)16(8-15(14)18)22-10-11-3-2-6-19-9-11/h7-8,11-12,19H,2-6,9-10H2,1H3/t11-/m1/s1. The van der Waals surface area contributed by atoms with Gasteiger partial charge in [0, 0.05) is 18.5 Å². The van der Waals surface area contributed by atoms with Crippen molar-refractivity contribution in [1.82, 2.24) is 5.32 Å². The fraction of sp³-hybridized carbons (Fsp3) is 0.588. The van der Waals surface area contributed by atoms with Crippen LogP contribution in [-0.2, 0) is 4.74 Å². The number of hydrogen-bond donors (Lipinski definition) is 1. The lowest BCUT2D eigenvalue weighted by Crippen LogP contribution is -2.33. The Kier molecular flexibility index (Phi) is 4.62. The van der Waals surface area contributed by atoms with Gasteiger partial charge in [0.05, 0.1) is 19.3 Å². The van der Waals surface area contributed by atoms with E-state index in [1.165, 1.54) is 13.2 Å². The molecule has 1 heterocycles. The molecule has 5 heteroatoms. The topological polar surface area (TPSA) is 47.6 Å². The van der Waals surface area contributed by atoms with Crippen molar-refractivity contribution in [1.29, 1.82) is 0 Å². The Bertz CT molecular complexity index is 551. The van der Waals surface area contributed by atoms with Gasteiger partial charge in [-0.15, -0.1) is 0 Å². The molecule has 0 spiro atoms. The van der Waals surface area contributed by atoms with Crippen LogP contribution in [0.15, 0.2) is 12.1 Å². The van der Waals surface area contributed by atoms with Crippen LogP contribution < -0.4 is 10.1 Å². The summed E-state index contributed by atoms with van der Waals surface area (Å²) in [5, 5.41) is 3.35. The summed E-state index contributed by atoms with van der Waals surface area (Å²) in [5.74, 6) is 0.210. The molecule has 0 aromatic heterocycles. The summed E-state index contributed by atoms with van der Waals surface area (Å²) >= 11 is 0. The first kappa shape index (κ1) is 15.3. The summed E-state index contributed by atoms with van der Waals surface area (Å²) in [6.45, 7) is 2.59. The maximum absolute atomic E-state index is 14.1. The zero-order valence-electron chi connectivity index (χ0n) is 12.9. The van der Waals surface area contributed by atoms with Gasteiger partial charge in [-0.05, 0) is 49.8 Å². The molecular weight excluding hydrogens is 285 g/mol. The number of benzene rings is 1. The zero-order chi connectivity index (χ0) is 15.5. The highest BCUT2D eigenvalue weighted by molar-refractivity contribution is 5.90. The quantitative estimate of drug-likeness (QED) is 0.850. The molecule has 0 amide bonds. The van der Waals surface area contributed by atoms with Crippen molar-refractivity contribution < 1.29 is 18.7 Å². The average Bonchev–Trinajstić information content (AvgIpc) is 3.38. The van der Waals surface area contributed by atoms with Crippen LogP contribution in [0.25, 0.3) is 0 Å². The third kappa shape index (κ3) is 3.40. The number of carbonyl (C=O) groups is 1. The molecule has 1 aromatic rings. The minimum absolute atomic E-state index is 0.00363. The number of nitrogens with one attached hydrogen (secondary N) is 1. The van der Waals surface area contributed by atoms with Gasteiger partial charge in [0.25, 0.3) is 0 Å². The summed E-state index contributed by atoms with van der Waals surface area (Å²) < 4.78 is 24.7. The minimum Gasteiger partial charge on any atom is -0.493 e. The molecule has 3 rings (SSSR count). The fourth-order valence-corrected chi connectivity index (χ4v) is 2.95. The van der Waals surface area contributed by atoms with Crippen LogP contribution in [0.2, 0.25) is 0 Å². The van der Waals surface area contributed by atoms with Crippen molar-refractivity contribution in [2.24, 2.45) is 5.92 Å². The van der Waals surface area contributed by atoms with Crippen LogP contribution in [0.3, 0.4) is 0 Å². The summed E-state index contributed by atoms with van der Waals surface area (Å²) in [6.07, 6.45) is 4.41. The van der Waals surface area contributed by atoms with Crippen molar-refractivity contribution in [3.05, 3.63) is 29.1 Å². The van der Waals surface area contributed by atoms with E-state index in [9.17, 15) is 9.18 Å². The molecule has 2 fully saturated rings. The Morgan fingerprint density at radius 1 is 1.36 bits per heavy atom. The number of carbonyl (C=O) groups excluding carboxylic acids is 1. The van der Waals surface area contributed by atoms with Crippen LogP contribution >= 0.6 is 0 Å². The fourth-order valence-electron chi connectivity index (χ4n) is 2.95. The molecule has 1 saturated carbocycles. The maximum atomic E-state index is 14.1. The molecule has 0 unspecified atom stereocenters. The lowest BCUT2D eigenvalue weighted by molar-refractivity contribution is 0.0595. The molecule has 1 atom stereocenters. The molecule has 22 heavy (non-hydrogen) atoms. The Labute approximate surface area is 130 Å². The Morgan fingerprint density at radius 2 is 2.18 bits per heavy atom. The van der Waals surface area contributed by atoms with Crippen molar-refractivity contribution >= 4 is 5.97 Å². The highest BCUT2D eigenvalue weighted by atomic mass is 19.1. The second-order valence-corrected chi connectivity index (χ2v) is 6.16. The molecule has 1 aromatic carbocycles. The Hall–Kier alpha value is -1.62. The molecule has 1 aliphatic carbocycles. The Balaban J connectivity index is 1.77. The first-order valence-corrected chi connectivity index (χ1v) is 7.94. The van der Waals surface area contributed by atoms with Gasteiger partial charge in [0.1, 0.15) is 11.6 Å². The van der Waals surface area contributed by atoms with Crippen LogP contribution in [0.1, 0.15) is 47.5 Å². The first-order valence-electron chi connectivity index (χ1n) is 7.94. The summed E-state index contributed by atoms with van der Waals surface area (Å²) in [6, 6.07) is 2.95. The molecule has 1 aliphatic heterocycles. The van der Waals surface area contributed by atoms with Gasteiger partial charge in [-0.3, -0.25) is 0 Å². The number of rotatable bonds is 5. The van der Waals surface area contributed by atoms with E-state index in [0.717, 1.165) is 44.3 Å². The number of hydrogen-bond acceptors (Lipinski definition) is 4. The van der Waals surface area contributed by atoms with Gasteiger partial charge < -0.3 is 14.8 Å². The van der Waals surface area contributed by atoms with Crippen molar-refractivity contribution in [2.45, 2.75) is 31.6 Å². The van der Waals surface area contributed by atoms with E-state index in [0.29, 0.717) is 24.2 Å². The molecule has 4 nitrogen and oxygen atoms in total. The number of halogens is 1. The smallest absolute Gasteiger partial charge is 0.340 e. The SMILES string of the molecule is COC(=O)c1cc(C2CC2)c(OC[C@@H]2CCCNC2)cc1F. The third-order valence-corrected chi connectivity index (χ3v) is 4.40. The summed E-state index contributed by atoms with van der Waals surface area (Å²) in [7, 11) is 1.26. The monoisotopic (exact) mass is 307 g/mol. The van der Waals surface area contributed by atoms with Crippen LogP contribution in [0.4, 0.5) is 4.39 Å². The zero-order valence-corrected chi connectivity index (χ0v) is 12.9. The predicted octanol–water partition coefficient (Wildman–Crippen LogP) is 2.87. The molecule has 2 aliphatic rings. The first-order chi connectivity index (χ1) is 10.7. The lowest BCUT2D eigenvalue weighted by atomic mass is 10.0. The van der Waals surface area contributed by atoms with Gasteiger partial charge in [0.2, 0.25) is 0 Å². The van der Waals surface area contributed by atoms with Crippen molar-refractivity contribution in [2.75, 3.05) is 26.8 Å². The van der Waals surface area contributed by atoms with E-state index < -0.39 is 11.8 Å². The largest absolute Gasteiger partial charge is 0.493 e. The number of esters is 1. The number of ether oxygens (including phenoxy) is 2. The Morgan fingerprint density at radius 3 is 2.82 bits per heavy atom. The normalized spacial score (nSPS) is 21.5. The molecule has 120 valence electrons. The lowest BCUT2D eigenvalue weighted by Gasteiger charge is -2.23. The molecule has 0 radical (unpaired) electrons. The van der Waals surface area contributed by atoms with Gasteiger partial charge in [-0.2, -0.15) is 0 Å². The summed E-state index contributed by atoms with van der Waals surface area (Å²) in [5.41, 5.74) is 0.932. The van der Waals surface area contributed by atoms with Gasteiger partial charge >= 0.3 is 5.97 Å². The average molecular weight is 307 g/mol. The molecule has 1 N–H and O–H groups in total. The van der Waals surface area contributed by atoms with E-state index in [2.05, 4.69) is 10.1 Å². The number of piperidine rings is 1. The molecular formula is C17H22FNO3. The van der Waals surface area contributed by atoms with E-state index in [-0.39, 0.29) is 5.56 Å². The van der Waals surface area contributed by atoms with Gasteiger partial charge in [-0.1, -0.05) is 0 Å². The van der Waals surface area contributed by atoms with E-state index in [4.69, 9.17) is 4.74 Å². The van der Waals surface area contributed by atoms with E-state index in [1.807, 2.05) is 0 Å². The third-order valence-electron chi connectivity index (χ3n) is 4.40. The van der Waals surface area contributed by atoms with Crippen LogP contribution in [-0.4, -0.2) is 32.8 Å². The second kappa shape index (κ2) is 6.65. The van der Waals surface area contributed by atoms with Crippen molar-refractivity contribution in [3.63, 3.8) is 0 Å². The predicted molar refractivity (Wildman–Crippen MR) is 80.8 cm³/mol. The minimum atomic E-state index is -0.637. The van der Waals surface area contributed by atoms with E-state index >= 15 is 0 Å². The van der Waals surface area contributed by atoms with Crippen LogP contribution in [0, 0.1) is 11.7 Å². The number of methoxy groups -OCH3 is 1. The van der Waals surface area contributed by atoms with Crippen LogP contribution in [0.5, 0.6) is 5.75 Å². The highest BCUT2D eigenvalue weighted by Crippen LogP contribution is 2.45. The molecule has 0 bridgehead atoms. The van der Waals surface area contributed by atoms with Gasteiger partial charge in [0.15, 0.2) is 0 Å². The molecule has 1 saturated heterocycles. The van der Waals surface area contributed by atoms with Gasteiger partial charge in [-0.25, -0.2) is 9.18 Å². The highest BCUT2D eigenvalue weighted by Gasteiger charge is 2.30.